The molecule has 8 rings (SSSR count). The zero-order chi connectivity index (χ0) is 38.3. The molecule has 12 nitrogen and oxygen atoms in total. The van der Waals surface area contributed by atoms with Gasteiger partial charge in [0.05, 0.1) is 36.2 Å². The average molecular weight is 755 g/mol. The van der Waals surface area contributed by atoms with E-state index in [0.29, 0.717) is 35.3 Å². The molecule has 286 valence electrons. The molecule has 2 aliphatic heterocycles. The number of likely N-dealkylation sites (tertiary alicyclic amines) is 1. The van der Waals surface area contributed by atoms with Gasteiger partial charge in [-0.15, -0.1) is 0 Å². The van der Waals surface area contributed by atoms with E-state index in [0.717, 1.165) is 92.1 Å². The summed E-state index contributed by atoms with van der Waals surface area (Å²) in [6, 6.07) is 12.7. The SMILES string of the molecule is COc1cc2nn([C@H]3CC[C@H](CN4CCC(c5cccc6c(N7CCC(=O)NC7=O)cncc56)CC4)CC3)cc2cc1NC(=O)c1cccc(C(F)(F)F)n1. The Morgan fingerprint density at radius 2 is 1.75 bits per heavy atom. The van der Waals surface area contributed by atoms with Gasteiger partial charge in [-0.05, 0) is 87.2 Å². The molecule has 4 amide bonds. The van der Waals surface area contributed by atoms with Gasteiger partial charge in [0.2, 0.25) is 5.91 Å². The van der Waals surface area contributed by atoms with Gasteiger partial charge in [-0.2, -0.15) is 18.3 Å². The van der Waals surface area contributed by atoms with Gasteiger partial charge in [0.15, 0.2) is 0 Å². The monoisotopic (exact) mass is 754 g/mol. The topological polar surface area (TPSA) is 135 Å². The maximum atomic E-state index is 13.2. The number of alkyl halides is 3. The van der Waals surface area contributed by atoms with E-state index in [1.165, 1.54) is 18.7 Å². The first kappa shape index (κ1) is 36.4. The maximum Gasteiger partial charge on any atom is 0.433 e. The number of imide groups is 1. The van der Waals surface area contributed by atoms with Crippen molar-refractivity contribution in [3.63, 3.8) is 0 Å². The number of fused-ring (bicyclic) bond motifs is 2. The Morgan fingerprint density at radius 3 is 2.49 bits per heavy atom. The molecular weight excluding hydrogens is 713 g/mol. The van der Waals surface area contributed by atoms with Crippen molar-refractivity contribution in [2.24, 2.45) is 5.92 Å². The van der Waals surface area contributed by atoms with Crippen molar-refractivity contribution < 1.29 is 32.3 Å². The van der Waals surface area contributed by atoms with Crippen LogP contribution < -0.4 is 20.3 Å². The Kier molecular flexibility index (Phi) is 9.88. The molecule has 3 aromatic heterocycles. The molecule has 5 aromatic rings. The molecule has 15 heteroatoms. The summed E-state index contributed by atoms with van der Waals surface area (Å²) >= 11 is 0. The third-order valence-corrected chi connectivity index (χ3v) is 11.3. The van der Waals surface area contributed by atoms with Crippen molar-refractivity contribution in [3.8, 4) is 5.75 Å². The zero-order valence-electron chi connectivity index (χ0n) is 30.3. The van der Waals surface area contributed by atoms with Gasteiger partial charge in [-0.1, -0.05) is 24.3 Å². The van der Waals surface area contributed by atoms with E-state index in [1.807, 2.05) is 23.1 Å². The lowest BCUT2D eigenvalue weighted by atomic mass is 9.84. The standard InChI is InChI=1S/C40H41F3N8O4/c1-55-35-19-32-26(18-33(35)46-38(53)31-6-3-7-36(45-31)40(41,42)43)23-51(48-32)27-10-8-24(9-11-27)22-49-15-12-25(13-16-49)28-4-2-5-29-30(28)20-44-21-34(29)50-17-14-37(52)47-39(50)54/h2-7,18-21,23-25,27H,8-17,22H2,1H3,(H,46,53)(H,47,52,54)/t24-,27-. The van der Waals surface area contributed by atoms with Gasteiger partial charge in [-0.25, -0.2) is 9.78 Å². The summed E-state index contributed by atoms with van der Waals surface area (Å²) < 4.78 is 47.0. The molecule has 0 radical (unpaired) electrons. The van der Waals surface area contributed by atoms with Gasteiger partial charge in [0.1, 0.15) is 17.1 Å². The number of hydrogen-bond acceptors (Lipinski definition) is 8. The second-order valence-electron chi connectivity index (χ2n) is 14.7. The minimum absolute atomic E-state index is 0.231. The number of pyridine rings is 2. The predicted molar refractivity (Wildman–Crippen MR) is 200 cm³/mol. The van der Waals surface area contributed by atoms with E-state index >= 15 is 0 Å². The maximum absolute atomic E-state index is 13.2. The van der Waals surface area contributed by atoms with E-state index in [9.17, 15) is 27.6 Å². The summed E-state index contributed by atoms with van der Waals surface area (Å²) in [5.74, 6) is 0.297. The summed E-state index contributed by atoms with van der Waals surface area (Å²) in [6.07, 6.45) is 7.39. The van der Waals surface area contributed by atoms with Crippen LogP contribution in [0.2, 0.25) is 0 Å². The third-order valence-electron chi connectivity index (χ3n) is 11.3. The number of benzene rings is 2. The van der Waals surface area contributed by atoms with Crippen molar-refractivity contribution in [1.29, 1.82) is 0 Å². The van der Waals surface area contributed by atoms with Gasteiger partial charge in [0.25, 0.3) is 5.91 Å². The smallest absolute Gasteiger partial charge is 0.433 e. The molecule has 0 unspecified atom stereocenters. The summed E-state index contributed by atoms with van der Waals surface area (Å²) in [5.41, 5.74) is 1.51. The highest BCUT2D eigenvalue weighted by molar-refractivity contribution is 6.10. The Hall–Kier alpha value is -5.57. The van der Waals surface area contributed by atoms with E-state index < -0.39 is 23.8 Å². The lowest BCUT2D eigenvalue weighted by Gasteiger charge is -2.37. The molecule has 1 saturated carbocycles. The number of nitrogens with one attached hydrogen (secondary N) is 2. The number of nitrogens with zero attached hydrogens (tertiary/aromatic N) is 6. The Labute approximate surface area is 315 Å². The normalized spacial score (nSPS) is 20.2. The van der Waals surface area contributed by atoms with Crippen LogP contribution in [-0.4, -0.2) is 75.8 Å². The highest BCUT2D eigenvalue weighted by Gasteiger charge is 2.33. The summed E-state index contributed by atoms with van der Waals surface area (Å²) in [5, 5.41) is 12.7. The number of carbonyl (C=O) groups is 3. The number of amides is 4. The van der Waals surface area contributed by atoms with Crippen LogP contribution in [0.3, 0.4) is 0 Å². The quantitative estimate of drug-likeness (QED) is 0.168. The lowest BCUT2D eigenvalue weighted by Crippen LogP contribution is -2.49. The number of methoxy groups -OCH3 is 1. The number of carbonyl (C=O) groups excluding carboxylic acids is 3. The Balaban J connectivity index is 0.867. The third kappa shape index (κ3) is 7.57. The minimum atomic E-state index is -4.66. The predicted octanol–water partition coefficient (Wildman–Crippen LogP) is 7.32. The first-order chi connectivity index (χ1) is 26.5. The highest BCUT2D eigenvalue weighted by Crippen LogP contribution is 2.39. The molecule has 3 fully saturated rings. The van der Waals surface area contributed by atoms with Crippen LogP contribution in [-0.2, 0) is 11.0 Å². The van der Waals surface area contributed by atoms with Gasteiger partial charge in [0, 0.05) is 54.1 Å². The van der Waals surface area contributed by atoms with Crippen LogP contribution in [0.25, 0.3) is 21.7 Å². The molecule has 5 heterocycles. The lowest BCUT2D eigenvalue weighted by molar-refractivity contribution is -0.141. The summed E-state index contributed by atoms with van der Waals surface area (Å²) in [4.78, 5) is 49.4. The van der Waals surface area contributed by atoms with Crippen molar-refractivity contribution >= 4 is 50.9 Å². The highest BCUT2D eigenvalue weighted by atomic mass is 19.4. The number of urea groups is 1. The van der Waals surface area contributed by atoms with Crippen LogP contribution in [0.4, 0.5) is 29.3 Å². The molecule has 2 saturated heterocycles. The van der Waals surface area contributed by atoms with Crippen LogP contribution in [0, 0.1) is 5.92 Å². The fourth-order valence-electron chi connectivity index (χ4n) is 8.38. The van der Waals surface area contributed by atoms with Gasteiger partial charge in [-0.3, -0.25) is 29.5 Å². The first-order valence-corrected chi connectivity index (χ1v) is 18.7. The summed E-state index contributed by atoms with van der Waals surface area (Å²) in [7, 11) is 1.46. The molecule has 1 aliphatic carbocycles. The number of piperidine rings is 1. The van der Waals surface area contributed by atoms with E-state index in [2.05, 4.69) is 37.6 Å². The second kappa shape index (κ2) is 14.9. The zero-order valence-corrected chi connectivity index (χ0v) is 30.3. The molecule has 55 heavy (non-hydrogen) atoms. The van der Waals surface area contributed by atoms with Crippen molar-refractivity contribution in [2.45, 2.75) is 63.1 Å². The van der Waals surface area contributed by atoms with Gasteiger partial charge >= 0.3 is 12.2 Å². The molecule has 0 spiro atoms. The molecule has 3 aliphatic rings. The molecule has 0 atom stereocenters. The van der Waals surface area contributed by atoms with Crippen LogP contribution in [0.15, 0.2) is 67.1 Å². The van der Waals surface area contributed by atoms with E-state index in [-0.39, 0.29) is 24.1 Å². The van der Waals surface area contributed by atoms with E-state index in [4.69, 9.17) is 9.84 Å². The largest absolute Gasteiger partial charge is 0.494 e. The van der Waals surface area contributed by atoms with Crippen molar-refractivity contribution in [3.05, 3.63) is 84.1 Å². The number of anilines is 2. The van der Waals surface area contributed by atoms with Gasteiger partial charge < -0.3 is 15.0 Å². The number of ether oxygens (including phenoxy) is 1. The van der Waals surface area contributed by atoms with Crippen LogP contribution in [0.5, 0.6) is 5.75 Å². The number of hydrogen-bond donors (Lipinski definition) is 2. The summed E-state index contributed by atoms with van der Waals surface area (Å²) in [6.45, 7) is 3.42. The molecule has 0 bridgehead atoms. The fourth-order valence-corrected chi connectivity index (χ4v) is 8.38. The van der Waals surface area contributed by atoms with Crippen LogP contribution in [0.1, 0.15) is 78.7 Å². The Bertz CT molecular complexity index is 2260. The number of aromatic nitrogens is 4. The molecule has 2 aromatic carbocycles. The fraction of sp³-hybridized carbons (Fsp3) is 0.400. The first-order valence-electron chi connectivity index (χ1n) is 18.7. The Morgan fingerprint density at radius 1 is 0.964 bits per heavy atom. The van der Waals surface area contributed by atoms with Crippen molar-refractivity contribution in [1.82, 2.24) is 30.0 Å². The average Bonchev–Trinajstić information content (AvgIpc) is 3.60. The minimum Gasteiger partial charge on any atom is -0.494 e. The van der Waals surface area contributed by atoms with E-state index in [1.54, 1.807) is 23.2 Å². The second-order valence-corrected chi connectivity index (χ2v) is 14.7. The van der Waals surface area contributed by atoms with Crippen molar-refractivity contribution in [2.75, 3.05) is 43.5 Å². The molecular formula is C40H41F3N8O4. The van der Waals surface area contributed by atoms with Crippen LogP contribution >= 0.6 is 0 Å². The number of halogens is 3. The number of rotatable bonds is 8. The molecule has 2 N–H and O–H groups in total.